The van der Waals surface area contributed by atoms with Gasteiger partial charge in [-0.2, -0.15) is 0 Å². The Kier molecular flexibility index (Phi) is 9.47. The summed E-state index contributed by atoms with van der Waals surface area (Å²) < 4.78 is 11.1. The van der Waals surface area contributed by atoms with Gasteiger partial charge in [0.15, 0.2) is 0 Å². The molecule has 0 radical (unpaired) electrons. The Morgan fingerprint density at radius 3 is 1.89 bits per heavy atom. The number of carbonyl (C=O) groups is 1. The van der Waals surface area contributed by atoms with Gasteiger partial charge < -0.3 is 9.47 Å². The lowest BCUT2D eigenvalue weighted by Crippen LogP contribution is -2.06. The van der Waals surface area contributed by atoms with Crippen molar-refractivity contribution in [2.45, 2.75) is 58.8 Å². The quantitative estimate of drug-likeness (QED) is 0.310. The maximum atomic E-state index is 12.1. The third-order valence-corrected chi connectivity index (χ3v) is 4.56. The Hall–Kier alpha value is -2.29. The van der Waals surface area contributed by atoms with Crippen molar-refractivity contribution in [1.82, 2.24) is 0 Å². The van der Waals surface area contributed by atoms with Crippen molar-refractivity contribution < 1.29 is 14.3 Å². The Labute approximate surface area is 163 Å². The molecule has 0 heterocycles. The van der Waals surface area contributed by atoms with Crippen molar-refractivity contribution >= 4 is 5.97 Å². The van der Waals surface area contributed by atoms with Crippen LogP contribution in [-0.2, 0) is 4.74 Å². The summed E-state index contributed by atoms with van der Waals surface area (Å²) in [5.41, 5.74) is 2.78. The number of hydrogen-bond donors (Lipinski definition) is 0. The van der Waals surface area contributed by atoms with E-state index in [2.05, 4.69) is 26.0 Å². The number of hydrogen-bond acceptors (Lipinski definition) is 3. The van der Waals surface area contributed by atoms with E-state index < -0.39 is 0 Å². The second kappa shape index (κ2) is 12.2. The largest absolute Gasteiger partial charge is 0.494 e. The molecule has 0 aliphatic carbocycles. The smallest absolute Gasteiger partial charge is 0.338 e. The zero-order valence-corrected chi connectivity index (χ0v) is 16.7. The van der Waals surface area contributed by atoms with Gasteiger partial charge >= 0.3 is 5.97 Å². The molecule has 2 aromatic rings. The van der Waals surface area contributed by atoms with Gasteiger partial charge in [-0.25, -0.2) is 4.79 Å². The van der Waals surface area contributed by atoms with E-state index in [1.54, 1.807) is 0 Å². The highest BCUT2D eigenvalue weighted by molar-refractivity contribution is 5.90. The van der Waals surface area contributed by atoms with Crippen LogP contribution in [0.3, 0.4) is 0 Å². The van der Waals surface area contributed by atoms with Gasteiger partial charge in [0.2, 0.25) is 0 Å². The third-order valence-electron chi connectivity index (χ3n) is 4.56. The SMILES string of the molecule is CCCCCCOC(=O)c1ccc(-c2ccc(OCCCCC)cc2)cc1. The van der Waals surface area contributed by atoms with Crippen molar-refractivity contribution in [3.63, 3.8) is 0 Å². The van der Waals surface area contributed by atoms with E-state index in [1.807, 2.05) is 36.4 Å². The van der Waals surface area contributed by atoms with E-state index in [9.17, 15) is 4.79 Å². The lowest BCUT2D eigenvalue weighted by atomic mass is 10.0. The molecule has 0 unspecified atom stereocenters. The molecule has 2 aromatic carbocycles. The minimum atomic E-state index is -0.242. The predicted octanol–water partition coefficient (Wildman–Crippen LogP) is 6.66. The maximum Gasteiger partial charge on any atom is 0.338 e. The fraction of sp³-hybridized carbons (Fsp3) is 0.458. The Balaban J connectivity index is 1.84. The molecule has 0 N–H and O–H groups in total. The van der Waals surface area contributed by atoms with Crippen molar-refractivity contribution in [2.24, 2.45) is 0 Å². The van der Waals surface area contributed by atoms with E-state index in [-0.39, 0.29) is 5.97 Å². The first-order valence-electron chi connectivity index (χ1n) is 10.2. The van der Waals surface area contributed by atoms with Crippen LogP contribution in [0.1, 0.15) is 69.2 Å². The first-order valence-corrected chi connectivity index (χ1v) is 10.2. The zero-order chi connectivity index (χ0) is 19.3. The number of unbranched alkanes of at least 4 members (excludes halogenated alkanes) is 5. The molecule has 0 saturated heterocycles. The van der Waals surface area contributed by atoms with E-state index in [0.717, 1.165) is 42.7 Å². The highest BCUT2D eigenvalue weighted by Crippen LogP contribution is 2.23. The molecule has 0 atom stereocenters. The van der Waals surface area contributed by atoms with E-state index in [4.69, 9.17) is 9.47 Å². The highest BCUT2D eigenvalue weighted by atomic mass is 16.5. The van der Waals surface area contributed by atoms with Crippen LogP contribution < -0.4 is 4.74 Å². The van der Waals surface area contributed by atoms with Crippen LogP contribution in [0.15, 0.2) is 48.5 Å². The minimum absolute atomic E-state index is 0.242. The summed E-state index contributed by atoms with van der Waals surface area (Å²) in [7, 11) is 0. The van der Waals surface area contributed by atoms with Crippen molar-refractivity contribution in [1.29, 1.82) is 0 Å². The van der Waals surface area contributed by atoms with Crippen LogP contribution in [0, 0.1) is 0 Å². The molecular weight excluding hydrogens is 336 g/mol. The molecule has 146 valence electrons. The summed E-state index contributed by atoms with van der Waals surface area (Å²) in [5, 5.41) is 0. The molecule has 0 amide bonds. The maximum absolute atomic E-state index is 12.1. The van der Waals surface area contributed by atoms with Crippen LogP contribution in [0.25, 0.3) is 11.1 Å². The van der Waals surface area contributed by atoms with Crippen molar-refractivity contribution in [3.05, 3.63) is 54.1 Å². The summed E-state index contributed by atoms with van der Waals surface area (Å²) in [5.74, 6) is 0.659. The molecule has 3 nitrogen and oxygen atoms in total. The molecule has 0 aliphatic rings. The minimum Gasteiger partial charge on any atom is -0.494 e. The summed E-state index contributed by atoms with van der Waals surface area (Å²) in [6.07, 6.45) is 7.91. The van der Waals surface area contributed by atoms with Gasteiger partial charge in [0.25, 0.3) is 0 Å². The molecule has 0 spiro atoms. The average molecular weight is 369 g/mol. The number of rotatable bonds is 12. The van der Waals surface area contributed by atoms with Gasteiger partial charge in [-0.1, -0.05) is 70.2 Å². The molecule has 0 aromatic heterocycles. The second-order valence-corrected chi connectivity index (χ2v) is 6.85. The molecule has 27 heavy (non-hydrogen) atoms. The van der Waals surface area contributed by atoms with Crippen LogP contribution in [0.2, 0.25) is 0 Å². The lowest BCUT2D eigenvalue weighted by Gasteiger charge is -2.08. The normalized spacial score (nSPS) is 10.6. The standard InChI is InChI=1S/C24H32O3/c1-3-5-7-9-19-27-24(25)22-12-10-20(11-13-22)21-14-16-23(17-15-21)26-18-8-6-4-2/h10-17H,3-9,18-19H2,1-2H3. The molecule has 0 aliphatic heterocycles. The highest BCUT2D eigenvalue weighted by Gasteiger charge is 2.07. The number of benzene rings is 2. The Bertz CT molecular complexity index is 659. The van der Waals surface area contributed by atoms with E-state index in [1.165, 1.54) is 25.7 Å². The number of ether oxygens (including phenoxy) is 2. The van der Waals surface area contributed by atoms with Crippen LogP contribution in [0.5, 0.6) is 5.75 Å². The zero-order valence-electron chi connectivity index (χ0n) is 16.7. The number of carbonyl (C=O) groups excluding carboxylic acids is 1. The van der Waals surface area contributed by atoms with Gasteiger partial charge in [0.05, 0.1) is 18.8 Å². The fourth-order valence-corrected chi connectivity index (χ4v) is 2.86. The van der Waals surface area contributed by atoms with E-state index in [0.29, 0.717) is 12.2 Å². The summed E-state index contributed by atoms with van der Waals surface area (Å²) in [6.45, 7) is 5.62. The van der Waals surface area contributed by atoms with Crippen molar-refractivity contribution in [2.75, 3.05) is 13.2 Å². The van der Waals surface area contributed by atoms with Crippen LogP contribution in [0.4, 0.5) is 0 Å². The van der Waals surface area contributed by atoms with E-state index >= 15 is 0 Å². The molecule has 0 saturated carbocycles. The first-order chi connectivity index (χ1) is 13.2. The fourth-order valence-electron chi connectivity index (χ4n) is 2.86. The predicted molar refractivity (Wildman–Crippen MR) is 111 cm³/mol. The molecular formula is C24H32O3. The van der Waals surface area contributed by atoms with Gasteiger partial charge in [0.1, 0.15) is 5.75 Å². The van der Waals surface area contributed by atoms with Crippen molar-refractivity contribution in [3.8, 4) is 16.9 Å². The van der Waals surface area contributed by atoms with Gasteiger partial charge in [-0.3, -0.25) is 0 Å². The van der Waals surface area contributed by atoms with Gasteiger partial charge in [-0.15, -0.1) is 0 Å². The molecule has 3 heteroatoms. The lowest BCUT2D eigenvalue weighted by molar-refractivity contribution is 0.0498. The first kappa shape index (κ1) is 21.0. The monoisotopic (exact) mass is 368 g/mol. The third kappa shape index (κ3) is 7.46. The average Bonchev–Trinajstić information content (AvgIpc) is 2.71. The summed E-state index contributed by atoms with van der Waals surface area (Å²) in [4.78, 5) is 12.1. The van der Waals surface area contributed by atoms with Gasteiger partial charge in [-0.05, 0) is 48.2 Å². The molecule has 2 rings (SSSR count). The summed E-state index contributed by atoms with van der Waals surface area (Å²) in [6, 6.07) is 15.7. The Morgan fingerprint density at radius 1 is 0.704 bits per heavy atom. The topological polar surface area (TPSA) is 35.5 Å². The van der Waals surface area contributed by atoms with Crippen LogP contribution in [-0.4, -0.2) is 19.2 Å². The number of esters is 1. The molecule has 0 fully saturated rings. The Morgan fingerprint density at radius 2 is 1.26 bits per heavy atom. The molecule has 0 bridgehead atoms. The van der Waals surface area contributed by atoms with Gasteiger partial charge in [0, 0.05) is 0 Å². The summed E-state index contributed by atoms with van der Waals surface area (Å²) >= 11 is 0. The second-order valence-electron chi connectivity index (χ2n) is 6.85. The van der Waals surface area contributed by atoms with Crippen LogP contribution >= 0.6 is 0 Å².